The monoisotopic (exact) mass is 231 g/mol. The molecule has 2 aromatic rings. The van der Waals surface area contributed by atoms with Gasteiger partial charge in [0, 0.05) is 24.6 Å². The number of ether oxygens (including phenoxy) is 1. The van der Waals surface area contributed by atoms with Gasteiger partial charge in [-0.25, -0.2) is 4.98 Å². The number of anilines is 1. The van der Waals surface area contributed by atoms with E-state index in [-0.39, 0.29) is 0 Å². The molecular weight excluding hydrogens is 214 g/mol. The highest BCUT2D eigenvalue weighted by molar-refractivity contribution is 5.47. The van der Waals surface area contributed by atoms with Gasteiger partial charge in [0.1, 0.15) is 18.2 Å². The van der Waals surface area contributed by atoms with Crippen molar-refractivity contribution >= 4 is 5.69 Å². The van der Waals surface area contributed by atoms with Gasteiger partial charge < -0.3 is 15.0 Å². The van der Waals surface area contributed by atoms with Crippen LogP contribution in [0.4, 0.5) is 5.69 Å². The lowest BCUT2D eigenvalue weighted by Crippen LogP contribution is -2.06. The van der Waals surface area contributed by atoms with E-state index in [9.17, 15) is 0 Å². The van der Waals surface area contributed by atoms with Gasteiger partial charge in [0.2, 0.25) is 0 Å². The Hall–Kier alpha value is -1.97. The van der Waals surface area contributed by atoms with Crippen molar-refractivity contribution in [3.63, 3.8) is 0 Å². The Morgan fingerprint density at radius 1 is 1.41 bits per heavy atom. The summed E-state index contributed by atoms with van der Waals surface area (Å²) in [7, 11) is 0. The van der Waals surface area contributed by atoms with Crippen LogP contribution in [-0.2, 0) is 13.2 Å². The van der Waals surface area contributed by atoms with Crippen molar-refractivity contribution < 1.29 is 4.74 Å². The maximum atomic E-state index is 5.74. The van der Waals surface area contributed by atoms with Gasteiger partial charge >= 0.3 is 0 Å². The smallest absolute Gasteiger partial charge is 0.146 e. The molecule has 0 atom stereocenters. The molecule has 4 nitrogen and oxygen atoms in total. The molecule has 2 N–H and O–H groups in total. The van der Waals surface area contributed by atoms with Crippen molar-refractivity contribution in [2.45, 2.75) is 27.0 Å². The first kappa shape index (κ1) is 11.5. The largest absolute Gasteiger partial charge is 0.485 e. The maximum absolute atomic E-state index is 5.74. The fraction of sp³-hybridized carbons (Fsp3) is 0.308. The van der Waals surface area contributed by atoms with E-state index < -0.39 is 0 Å². The summed E-state index contributed by atoms with van der Waals surface area (Å²) >= 11 is 0. The number of rotatable bonds is 4. The van der Waals surface area contributed by atoms with Gasteiger partial charge in [-0.15, -0.1) is 0 Å². The van der Waals surface area contributed by atoms with Crippen molar-refractivity contribution in [3.8, 4) is 5.75 Å². The topological polar surface area (TPSA) is 53.1 Å². The zero-order valence-electron chi connectivity index (χ0n) is 10.2. The average Bonchev–Trinajstić information content (AvgIpc) is 2.75. The van der Waals surface area contributed by atoms with Crippen LogP contribution >= 0.6 is 0 Å². The lowest BCUT2D eigenvalue weighted by atomic mass is 10.2. The molecule has 0 fully saturated rings. The number of nitrogens with zero attached hydrogens (tertiary/aromatic N) is 2. The molecular formula is C13H17N3O. The molecule has 0 saturated heterocycles. The minimum atomic E-state index is 0.478. The van der Waals surface area contributed by atoms with Crippen LogP contribution in [0, 0.1) is 6.92 Å². The van der Waals surface area contributed by atoms with E-state index in [0.717, 1.165) is 29.4 Å². The minimum Gasteiger partial charge on any atom is -0.485 e. The Bertz CT molecular complexity index is 505. The molecule has 0 aliphatic heterocycles. The van der Waals surface area contributed by atoms with E-state index >= 15 is 0 Å². The second-order valence-corrected chi connectivity index (χ2v) is 3.94. The van der Waals surface area contributed by atoms with Gasteiger partial charge in [0.25, 0.3) is 0 Å². The number of benzene rings is 1. The van der Waals surface area contributed by atoms with E-state index in [4.69, 9.17) is 10.5 Å². The minimum absolute atomic E-state index is 0.478. The first-order valence-corrected chi connectivity index (χ1v) is 5.69. The van der Waals surface area contributed by atoms with Crippen LogP contribution in [0.3, 0.4) is 0 Å². The molecule has 0 aliphatic rings. The van der Waals surface area contributed by atoms with E-state index in [1.165, 1.54) is 0 Å². The third-order valence-electron chi connectivity index (χ3n) is 2.70. The second-order valence-electron chi connectivity index (χ2n) is 3.94. The number of aryl methyl sites for hydroxylation is 2. The van der Waals surface area contributed by atoms with Gasteiger partial charge in [0.05, 0.1) is 0 Å². The Labute approximate surface area is 101 Å². The van der Waals surface area contributed by atoms with E-state index in [0.29, 0.717) is 6.61 Å². The lowest BCUT2D eigenvalue weighted by Gasteiger charge is -2.10. The first-order valence-electron chi connectivity index (χ1n) is 5.69. The normalized spacial score (nSPS) is 10.5. The van der Waals surface area contributed by atoms with Crippen LogP contribution in [0.5, 0.6) is 5.75 Å². The van der Waals surface area contributed by atoms with Gasteiger partial charge in [-0.1, -0.05) is 0 Å². The van der Waals surface area contributed by atoms with E-state index in [1.54, 1.807) is 6.20 Å². The van der Waals surface area contributed by atoms with Crippen LogP contribution in [-0.4, -0.2) is 9.55 Å². The molecule has 2 rings (SSSR count). The fourth-order valence-corrected chi connectivity index (χ4v) is 1.74. The van der Waals surface area contributed by atoms with Crippen molar-refractivity contribution in [1.29, 1.82) is 0 Å². The molecule has 0 saturated carbocycles. The van der Waals surface area contributed by atoms with Crippen molar-refractivity contribution in [2.24, 2.45) is 0 Å². The molecule has 17 heavy (non-hydrogen) atoms. The summed E-state index contributed by atoms with van der Waals surface area (Å²) < 4.78 is 7.80. The molecule has 4 heteroatoms. The second kappa shape index (κ2) is 4.91. The summed E-state index contributed by atoms with van der Waals surface area (Å²) in [4.78, 5) is 4.26. The highest BCUT2D eigenvalue weighted by atomic mass is 16.5. The third kappa shape index (κ3) is 2.58. The van der Waals surface area contributed by atoms with Gasteiger partial charge in [-0.3, -0.25) is 0 Å². The average molecular weight is 231 g/mol. The SMILES string of the molecule is CCn1ccnc1COc1ccc(N)cc1C. The molecule has 0 bridgehead atoms. The quantitative estimate of drug-likeness (QED) is 0.822. The van der Waals surface area contributed by atoms with Gasteiger partial charge in [-0.2, -0.15) is 0 Å². The van der Waals surface area contributed by atoms with Crippen LogP contribution in [0.1, 0.15) is 18.3 Å². The zero-order chi connectivity index (χ0) is 12.3. The number of imidazole rings is 1. The molecule has 0 radical (unpaired) electrons. The van der Waals surface area contributed by atoms with E-state index in [1.807, 2.05) is 31.3 Å². The Morgan fingerprint density at radius 2 is 2.24 bits per heavy atom. The third-order valence-corrected chi connectivity index (χ3v) is 2.70. The fourth-order valence-electron chi connectivity index (χ4n) is 1.74. The first-order chi connectivity index (χ1) is 8.20. The summed E-state index contributed by atoms with van der Waals surface area (Å²) in [5.74, 6) is 1.79. The maximum Gasteiger partial charge on any atom is 0.146 e. The number of hydrogen-bond acceptors (Lipinski definition) is 3. The molecule has 0 aliphatic carbocycles. The Morgan fingerprint density at radius 3 is 2.94 bits per heavy atom. The number of nitrogens with two attached hydrogens (primary N) is 1. The van der Waals surface area contributed by atoms with E-state index in [2.05, 4.69) is 16.5 Å². The summed E-state index contributed by atoms with van der Waals surface area (Å²) in [5, 5.41) is 0. The highest BCUT2D eigenvalue weighted by Crippen LogP contribution is 2.21. The number of hydrogen-bond donors (Lipinski definition) is 1. The summed E-state index contributed by atoms with van der Waals surface area (Å²) in [6.07, 6.45) is 3.74. The summed E-state index contributed by atoms with van der Waals surface area (Å²) in [5.41, 5.74) is 7.49. The molecule has 1 aromatic carbocycles. The Kier molecular flexibility index (Phi) is 3.32. The number of aromatic nitrogens is 2. The lowest BCUT2D eigenvalue weighted by molar-refractivity contribution is 0.288. The zero-order valence-corrected chi connectivity index (χ0v) is 10.2. The van der Waals surface area contributed by atoms with Crippen molar-refractivity contribution in [2.75, 3.05) is 5.73 Å². The predicted molar refractivity (Wildman–Crippen MR) is 67.8 cm³/mol. The standard InChI is InChI=1S/C13H17N3O/c1-3-16-7-6-15-13(16)9-17-12-5-4-11(14)8-10(12)2/h4-8H,3,9,14H2,1-2H3. The molecule has 1 heterocycles. The summed E-state index contributed by atoms with van der Waals surface area (Å²) in [6, 6.07) is 5.64. The highest BCUT2D eigenvalue weighted by Gasteiger charge is 2.04. The van der Waals surface area contributed by atoms with Crippen molar-refractivity contribution in [1.82, 2.24) is 9.55 Å². The molecule has 1 aromatic heterocycles. The Balaban J connectivity index is 2.07. The van der Waals surface area contributed by atoms with Crippen LogP contribution in [0.2, 0.25) is 0 Å². The number of nitrogen functional groups attached to an aromatic ring is 1. The molecule has 0 unspecified atom stereocenters. The van der Waals surface area contributed by atoms with Crippen LogP contribution in [0.15, 0.2) is 30.6 Å². The van der Waals surface area contributed by atoms with Gasteiger partial charge in [0.15, 0.2) is 0 Å². The van der Waals surface area contributed by atoms with Crippen LogP contribution in [0.25, 0.3) is 0 Å². The summed E-state index contributed by atoms with van der Waals surface area (Å²) in [6.45, 7) is 5.45. The van der Waals surface area contributed by atoms with Gasteiger partial charge in [-0.05, 0) is 37.6 Å². The molecule has 90 valence electrons. The molecule has 0 spiro atoms. The van der Waals surface area contributed by atoms with Crippen LogP contribution < -0.4 is 10.5 Å². The molecule has 0 amide bonds. The van der Waals surface area contributed by atoms with Crippen molar-refractivity contribution in [3.05, 3.63) is 42.0 Å². The predicted octanol–water partition coefficient (Wildman–Crippen LogP) is 2.37.